The SMILES string of the molecule is CNCc1ccc(Cl)c(Cl)c1Cl. The largest absolute Gasteiger partial charge is 0.316 e. The fourth-order valence-electron chi connectivity index (χ4n) is 0.893. The molecule has 1 N–H and O–H groups in total. The fraction of sp³-hybridized carbons (Fsp3) is 0.250. The van der Waals surface area contributed by atoms with Crippen LogP contribution in [0.25, 0.3) is 0 Å². The van der Waals surface area contributed by atoms with Crippen molar-refractivity contribution >= 4 is 34.8 Å². The molecule has 0 bridgehead atoms. The first-order valence-corrected chi connectivity index (χ1v) is 4.57. The molecule has 0 aliphatic carbocycles. The van der Waals surface area contributed by atoms with Crippen molar-refractivity contribution in [3.8, 4) is 0 Å². The van der Waals surface area contributed by atoms with E-state index in [0.29, 0.717) is 21.6 Å². The third-order valence-corrected chi connectivity index (χ3v) is 2.82. The molecule has 0 heterocycles. The van der Waals surface area contributed by atoms with E-state index in [1.807, 2.05) is 13.1 Å². The summed E-state index contributed by atoms with van der Waals surface area (Å²) in [5, 5.41) is 4.42. The maximum absolute atomic E-state index is 5.92. The van der Waals surface area contributed by atoms with E-state index in [2.05, 4.69) is 5.32 Å². The Hall–Kier alpha value is 0.0500. The van der Waals surface area contributed by atoms with Gasteiger partial charge >= 0.3 is 0 Å². The summed E-state index contributed by atoms with van der Waals surface area (Å²) in [6, 6.07) is 3.59. The zero-order chi connectivity index (χ0) is 9.14. The highest BCUT2D eigenvalue weighted by atomic mass is 35.5. The first-order chi connectivity index (χ1) is 5.66. The molecule has 0 fully saturated rings. The van der Waals surface area contributed by atoms with Crippen LogP contribution in [0.4, 0.5) is 0 Å². The predicted octanol–water partition coefficient (Wildman–Crippen LogP) is 3.37. The lowest BCUT2D eigenvalue weighted by Gasteiger charge is -2.05. The molecule has 0 saturated heterocycles. The van der Waals surface area contributed by atoms with Gasteiger partial charge in [0.2, 0.25) is 0 Å². The van der Waals surface area contributed by atoms with Crippen molar-refractivity contribution in [1.82, 2.24) is 5.32 Å². The Bertz CT molecular complexity index is 286. The monoisotopic (exact) mass is 223 g/mol. The van der Waals surface area contributed by atoms with Gasteiger partial charge in [-0.2, -0.15) is 0 Å². The van der Waals surface area contributed by atoms with Crippen LogP contribution in [-0.2, 0) is 6.54 Å². The summed E-state index contributed by atoms with van der Waals surface area (Å²) in [6.45, 7) is 0.690. The summed E-state index contributed by atoms with van der Waals surface area (Å²) in [5.74, 6) is 0. The van der Waals surface area contributed by atoms with Gasteiger partial charge in [-0.15, -0.1) is 0 Å². The normalized spacial score (nSPS) is 10.3. The Kier molecular flexibility index (Phi) is 3.66. The van der Waals surface area contributed by atoms with Crippen LogP contribution < -0.4 is 5.32 Å². The topological polar surface area (TPSA) is 12.0 Å². The minimum atomic E-state index is 0.422. The first-order valence-electron chi connectivity index (χ1n) is 3.43. The number of benzene rings is 1. The molecular weight excluding hydrogens is 216 g/mol. The molecule has 0 radical (unpaired) electrons. The van der Waals surface area contributed by atoms with Crippen molar-refractivity contribution in [3.63, 3.8) is 0 Å². The Morgan fingerprint density at radius 3 is 2.42 bits per heavy atom. The zero-order valence-corrected chi connectivity index (χ0v) is 8.76. The van der Waals surface area contributed by atoms with Crippen LogP contribution in [0.5, 0.6) is 0 Å². The number of rotatable bonds is 2. The van der Waals surface area contributed by atoms with E-state index >= 15 is 0 Å². The van der Waals surface area contributed by atoms with Crippen molar-refractivity contribution in [2.45, 2.75) is 6.54 Å². The summed E-state index contributed by atoms with van der Waals surface area (Å²) < 4.78 is 0. The van der Waals surface area contributed by atoms with Gasteiger partial charge in [-0.1, -0.05) is 40.9 Å². The second-order valence-electron chi connectivity index (χ2n) is 2.36. The van der Waals surface area contributed by atoms with Gasteiger partial charge in [0.15, 0.2) is 0 Å². The Labute approximate surface area is 86.6 Å². The van der Waals surface area contributed by atoms with E-state index < -0.39 is 0 Å². The van der Waals surface area contributed by atoms with E-state index in [1.54, 1.807) is 6.07 Å². The third-order valence-electron chi connectivity index (χ3n) is 1.48. The first kappa shape index (κ1) is 10.1. The molecular formula is C8H8Cl3N. The maximum atomic E-state index is 5.92. The summed E-state index contributed by atoms with van der Waals surface area (Å²) >= 11 is 17.5. The predicted molar refractivity (Wildman–Crippen MR) is 54.2 cm³/mol. The number of hydrogen-bond acceptors (Lipinski definition) is 1. The Balaban J connectivity index is 3.08. The lowest BCUT2D eigenvalue weighted by molar-refractivity contribution is 0.818. The molecule has 0 atom stereocenters. The highest BCUT2D eigenvalue weighted by Gasteiger charge is 2.06. The molecule has 66 valence electrons. The van der Waals surface area contributed by atoms with Crippen LogP contribution in [0.2, 0.25) is 15.1 Å². The van der Waals surface area contributed by atoms with Gasteiger partial charge in [0, 0.05) is 6.54 Å². The summed E-state index contributed by atoms with van der Waals surface area (Å²) in [4.78, 5) is 0. The van der Waals surface area contributed by atoms with Crippen LogP contribution in [0, 0.1) is 0 Å². The smallest absolute Gasteiger partial charge is 0.0781 e. The minimum absolute atomic E-state index is 0.422. The quantitative estimate of drug-likeness (QED) is 0.760. The van der Waals surface area contributed by atoms with Crippen LogP contribution >= 0.6 is 34.8 Å². The highest BCUT2D eigenvalue weighted by molar-refractivity contribution is 6.48. The fourth-order valence-corrected chi connectivity index (χ4v) is 1.51. The van der Waals surface area contributed by atoms with Crippen LogP contribution in [0.3, 0.4) is 0 Å². The summed E-state index contributed by atoms with van der Waals surface area (Å²) in [7, 11) is 1.85. The van der Waals surface area contributed by atoms with Crippen molar-refractivity contribution in [2.75, 3.05) is 7.05 Å². The van der Waals surface area contributed by atoms with Crippen molar-refractivity contribution < 1.29 is 0 Å². The Morgan fingerprint density at radius 1 is 1.17 bits per heavy atom. The molecule has 1 aromatic rings. The second-order valence-corrected chi connectivity index (χ2v) is 3.53. The molecule has 0 aliphatic rings. The molecule has 0 saturated carbocycles. The van der Waals surface area contributed by atoms with Crippen molar-refractivity contribution in [3.05, 3.63) is 32.8 Å². The molecule has 0 aromatic heterocycles. The number of halogens is 3. The zero-order valence-electron chi connectivity index (χ0n) is 6.50. The van der Waals surface area contributed by atoms with E-state index in [-0.39, 0.29) is 0 Å². The van der Waals surface area contributed by atoms with E-state index in [4.69, 9.17) is 34.8 Å². The lowest BCUT2D eigenvalue weighted by atomic mass is 10.2. The van der Waals surface area contributed by atoms with Gasteiger partial charge in [-0.25, -0.2) is 0 Å². The molecule has 0 spiro atoms. The van der Waals surface area contributed by atoms with Gasteiger partial charge in [-0.3, -0.25) is 0 Å². The summed E-state index contributed by atoms with van der Waals surface area (Å²) in [5.41, 5.74) is 0.952. The van der Waals surface area contributed by atoms with Gasteiger partial charge in [0.25, 0.3) is 0 Å². The number of nitrogens with one attached hydrogen (secondary N) is 1. The molecule has 1 nitrogen and oxygen atoms in total. The van der Waals surface area contributed by atoms with Crippen LogP contribution in [-0.4, -0.2) is 7.05 Å². The maximum Gasteiger partial charge on any atom is 0.0781 e. The highest BCUT2D eigenvalue weighted by Crippen LogP contribution is 2.32. The van der Waals surface area contributed by atoms with Crippen LogP contribution in [0.15, 0.2) is 12.1 Å². The van der Waals surface area contributed by atoms with E-state index in [1.165, 1.54) is 0 Å². The molecule has 12 heavy (non-hydrogen) atoms. The molecule has 0 amide bonds. The standard InChI is InChI=1S/C8H8Cl3N/c1-12-4-5-2-3-6(9)8(11)7(5)10/h2-3,12H,4H2,1H3. The van der Waals surface area contributed by atoms with Crippen LogP contribution in [0.1, 0.15) is 5.56 Å². The van der Waals surface area contributed by atoms with E-state index in [9.17, 15) is 0 Å². The molecule has 0 aliphatic heterocycles. The molecule has 0 unspecified atom stereocenters. The third kappa shape index (κ3) is 2.05. The second kappa shape index (κ2) is 4.33. The minimum Gasteiger partial charge on any atom is -0.316 e. The molecule has 1 rings (SSSR count). The summed E-state index contributed by atoms with van der Waals surface area (Å²) in [6.07, 6.45) is 0. The van der Waals surface area contributed by atoms with Gasteiger partial charge in [0.1, 0.15) is 0 Å². The van der Waals surface area contributed by atoms with E-state index in [0.717, 1.165) is 5.56 Å². The van der Waals surface area contributed by atoms with Gasteiger partial charge in [0.05, 0.1) is 15.1 Å². The Morgan fingerprint density at radius 2 is 1.83 bits per heavy atom. The van der Waals surface area contributed by atoms with Crippen molar-refractivity contribution in [2.24, 2.45) is 0 Å². The van der Waals surface area contributed by atoms with Crippen molar-refractivity contribution in [1.29, 1.82) is 0 Å². The average Bonchev–Trinajstić information content (AvgIpc) is 2.07. The molecule has 4 heteroatoms. The number of hydrogen-bond donors (Lipinski definition) is 1. The average molecular weight is 225 g/mol. The van der Waals surface area contributed by atoms with Gasteiger partial charge < -0.3 is 5.32 Å². The van der Waals surface area contributed by atoms with Gasteiger partial charge in [-0.05, 0) is 18.7 Å². The lowest BCUT2D eigenvalue weighted by Crippen LogP contribution is -2.05. The molecule has 1 aromatic carbocycles.